The Kier molecular flexibility index (Phi) is 17.1. The normalized spacial score (nSPS) is 11.8. The molecule has 0 rings (SSSR count). The van der Waals surface area contributed by atoms with Crippen LogP contribution in [0.2, 0.25) is 0 Å². The van der Waals surface area contributed by atoms with Crippen LogP contribution < -0.4 is 5.32 Å². The molecule has 0 saturated carbocycles. The summed E-state index contributed by atoms with van der Waals surface area (Å²) < 4.78 is 4.54. The molecule has 2 nitrogen and oxygen atoms in total. The van der Waals surface area contributed by atoms with Crippen molar-refractivity contribution in [1.29, 1.82) is 0 Å². The highest BCUT2D eigenvalue weighted by atomic mass is 16.5. The first kappa shape index (κ1) is 15.4. The van der Waals surface area contributed by atoms with E-state index in [0.717, 1.165) is 19.2 Å². The fourth-order valence-electron chi connectivity index (χ4n) is 1.09. The monoisotopic (exact) mass is 189 g/mol. The zero-order chi connectivity index (χ0) is 10.5. The predicted octanol–water partition coefficient (Wildman–Crippen LogP) is 2.83. The molecule has 0 radical (unpaired) electrons. The smallest absolute Gasteiger partial charge is 0.0433 e. The summed E-state index contributed by atoms with van der Waals surface area (Å²) in [6, 6.07) is 0.764. The topological polar surface area (TPSA) is 21.3 Å². The molecular formula is C11H27NO. The third kappa shape index (κ3) is 14.7. The molecule has 1 atom stereocenters. The minimum Gasteiger partial charge on any atom is -0.385 e. The van der Waals surface area contributed by atoms with Crippen LogP contribution in [0, 0.1) is 0 Å². The molecule has 0 bridgehead atoms. The number of rotatable bonds is 6. The van der Waals surface area contributed by atoms with Crippen LogP contribution in [0.4, 0.5) is 0 Å². The van der Waals surface area contributed by atoms with E-state index in [0.29, 0.717) is 0 Å². The van der Waals surface area contributed by atoms with Crippen molar-refractivity contribution in [3.63, 3.8) is 0 Å². The van der Waals surface area contributed by atoms with Crippen molar-refractivity contribution in [2.45, 2.75) is 53.0 Å². The van der Waals surface area contributed by atoms with Gasteiger partial charge < -0.3 is 10.1 Å². The molecule has 0 heterocycles. The zero-order valence-electron chi connectivity index (χ0n) is 10.0. The Hall–Kier alpha value is -0.0800. The molecule has 0 aliphatic heterocycles. The molecular weight excluding hydrogens is 162 g/mol. The van der Waals surface area contributed by atoms with Gasteiger partial charge in [-0.05, 0) is 26.3 Å². The van der Waals surface area contributed by atoms with Gasteiger partial charge in [0.05, 0.1) is 0 Å². The summed E-state index contributed by atoms with van der Waals surface area (Å²) >= 11 is 0. The van der Waals surface area contributed by atoms with E-state index in [1.54, 1.807) is 7.11 Å². The average Bonchev–Trinajstić information content (AvgIpc) is 2.18. The molecule has 0 aliphatic carbocycles. The van der Waals surface area contributed by atoms with E-state index in [2.05, 4.69) is 30.8 Å². The zero-order valence-corrected chi connectivity index (χ0v) is 10.0. The van der Waals surface area contributed by atoms with E-state index in [-0.39, 0.29) is 0 Å². The van der Waals surface area contributed by atoms with Crippen LogP contribution in [-0.4, -0.2) is 26.3 Å². The molecule has 0 aromatic rings. The maximum Gasteiger partial charge on any atom is 0.0433 e. The maximum absolute atomic E-state index is 4.54. The number of hydrogen-bond acceptors (Lipinski definition) is 2. The van der Waals surface area contributed by atoms with Gasteiger partial charge >= 0.3 is 0 Å². The second kappa shape index (κ2) is 14.4. The molecule has 0 aromatic heterocycles. The van der Waals surface area contributed by atoms with E-state index in [1.165, 1.54) is 19.3 Å². The molecule has 0 aliphatic rings. The van der Waals surface area contributed by atoms with Crippen LogP contribution in [0.3, 0.4) is 0 Å². The minimum absolute atomic E-state index is 0.764. The Bertz CT molecular complexity index is 68.5. The summed E-state index contributed by atoms with van der Waals surface area (Å²) in [6.07, 6.45) is 3.89. The third-order valence-electron chi connectivity index (χ3n) is 1.91. The summed E-state index contributed by atoms with van der Waals surface area (Å²) in [7, 11) is 1.68. The van der Waals surface area contributed by atoms with Crippen LogP contribution in [-0.2, 0) is 4.74 Å². The molecule has 13 heavy (non-hydrogen) atoms. The quantitative estimate of drug-likeness (QED) is 0.693. The lowest BCUT2D eigenvalue weighted by Crippen LogP contribution is -2.27. The van der Waals surface area contributed by atoms with E-state index in [4.69, 9.17) is 0 Å². The van der Waals surface area contributed by atoms with Crippen LogP contribution in [0.15, 0.2) is 0 Å². The largest absolute Gasteiger partial charge is 0.385 e. The van der Waals surface area contributed by atoms with Crippen molar-refractivity contribution in [3.05, 3.63) is 0 Å². The van der Waals surface area contributed by atoms with E-state index >= 15 is 0 Å². The third-order valence-corrected chi connectivity index (χ3v) is 1.91. The van der Waals surface area contributed by atoms with Crippen LogP contribution in [0.5, 0.6) is 0 Å². The lowest BCUT2D eigenvalue weighted by atomic mass is 10.1. The first-order valence-electron chi connectivity index (χ1n) is 5.48. The molecule has 82 valence electrons. The highest BCUT2D eigenvalue weighted by Crippen LogP contribution is 1.99. The SMILES string of the molecule is CCCC(CC)NCC.CCOC. The van der Waals surface area contributed by atoms with Gasteiger partial charge in [0.1, 0.15) is 0 Å². The molecule has 1 N–H and O–H groups in total. The Labute approximate surface area is 84.1 Å². The second-order valence-electron chi connectivity index (χ2n) is 3.03. The van der Waals surface area contributed by atoms with E-state index < -0.39 is 0 Å². The summed E-state index contributed by atoms with van der Waals surface area (Å²) in [5.74, 6) is 0. The lowest BCUT2D eigenvalue weighted by molar-refractivity contribution is 0.215. The van der Waals surface area contributed by atoms with Crippen molar-refractivity contribution in [2.24, 2.45) is 0 Å². The van der Waals surface area contributed by atoms with Gasteiger partial charge in [-0.2, -0.15) is 0 Å². The highest BCUT2D eigenvalue weighted by molar-refractivity contribution is 4.61. The van der Waals surface area contributed by atoms with Gasteiger partial charge in [0.25, 0.3) is 0 Å². The molecule has 2 heteroatoms. The van der Waals surface area contributed by atoms with Gasteiger partial charge in [0.15, 0.2) is 0 Å². The number of methoxy groups -OCH3 is 1. The van der Waals surface area contributed by atoms with Crippen LogP contribution >= 0.6 is 0 Å². The van der Waals surface area contributed by atoms with Crippen molar-refractivity contribution in [1.82, 2.24) is 5.32 Å². The molecule has 0 saturated heterocycles. The maximum atomic E-state index is 4.54. The Balaban J connectivity index is 0. The predicted molar refractivity (Wildman–Crippen MR) is 60.2 cm³/mol. The van der Waals surface area contributed by atoms with Gasteiger partial charge in [-0.3, -0.25) is 0 Å². The van der Waals surface area contributed by atoms with E-state index in [1.807, 2.05) is 6.92 Å². The molecule has 1 unspecified atom stereocenters. The Morgan fingerprint density at radius 3 is 1.92 bits per heavy atom. The Morgan fingerprint density at radius 2 is 1.69 bits per heavy atom. The fourth-order valence-corrected chi connectivity index (χ4v) is 1.09. The lowest BCUT2D eigenvalue weighted by Gasteiger charge is -2.13. The molecule has 0 fully saturated rings. The first-order valence-corrected chi connectivity index (χ1v) is 5.48. The number of ether oxygens (including phenoxy) is 1. The van der Waals surface area contributed by atoms with Gasteiger partial charge in [0, 0.05) is 19.8 Å². The van der Waals surface area contributed by atoms with Crippen molar-refractivity contribution < 1.29 is 4.74 Å². The summed E-state index contributed by atoms with van der Waals surface area (Å²) in [6.45, 7) is 10.5. The average molecular weight is 189 g/mol. The minimum atomic E-state index is 0.764. The van der Waals surface area contributed by atoms with Crippen molar-refractivity contribution in [3.8, 4) is 0 Å². The van der Waals surface area contributed by atoms with Gasteiger partial charge in [-0.1, -0.05) is 27.2 Å². The van der Waals surface area contributed by atoms with E-state index in [9.17, 15) is 0 Å². The van der Waals surface area contributed by atoms with Gasteiger partial charge in [-0.25, -0.2) is 0 Å². The highest BCUT2D eigenvalue weighted by Gasteiger charge is 1.99. The summed E-state index contributed by atoms with van der Waals surface area (Å²) in [5, 5.41) is 3.43. The first-order chi connectivity index (χ1) is 6.26. The fraction of sp³-hybridized carbons (Fsp3) is 1.00. The summed E-state index contributed by atoms with van der Waals surface area (Å²) in [5.41, 5.74) is 0. The van der Waals surface area contributed by atoms with Gasteiger partial charge in [-0.15, -0.1) is 0 Å². The van der Waals surface area contributed by atoms with Crippen molar-refractivity contribution in [2.75, 3.05) is 20.3 Å². The molecule has 0 spiro atoms. The number of hydrogen-bond donors (Lipinski definition) is 1. The van der Waals surface area contributed by atoms with Crippen LogP contribution in [0.1, 0.15) is 47.0 Å². The Morgan fingerprint density at radius 1 is 1.15 bits per heavy atom. The summed E-state index contributed by atoms with van der Waals surface area (Å²) in [4.78, 5) is 0. The van der Waals surface area contributed by atoms with Crippen molar-refractivity contribution >= 4 is 0 Å². The molecule has 0 aromatic carbocycles. The number of nitrogens with one attached hydrogen (secondary N) is 1. The second-order valence-corrected chi connectivity index (χ2v) is 3.03. The van der Waals surface area contributed by atoms with Gasteiger partial charge in [0.2, 0.25) is 0 Å². The molecule has 0 amide bonds. The standard InChI is InChI=1S/C8H19N.C3H8O/c1-4-7-8(5-2)9-6-3;1-3-4-2/h8-9H,4-7H2,1-3H3;3H2,1-2H3. The van der Waals surface area contributed by atoms with Crippen LogP contribution in [0.25, 0.3) is 0 Å².